The van der Waals surface area contributed by atoms with Crippen LogP contribution in [0.5, 0.6) is 0 Å². The molecule has 1 atom stereocenters. The van der Waals surface area contributed by atoms with E-state index in [1.54, 1.807) is 12.1 Å². The average molecular weight is 171 g/mol. The van der Waals surface area contributed by atoms with Crippen molar-refractivity contribution in [2.24, 2.45) is 0 Å². The zero-order valence-corrected chi connectivity index (χ0v) is 6.51. The Hall–Kier alpha value is -0.570. The summed E-state index contributed by atoms with van der Waals surface area (Å²) in [5, 5.41) is 9.89. The lowest BCUT2D eigenvalue weighted by molar-refractivity contribution is -0.0918. The van der Waals surface area contributed by atoms with E-state index in [1.165, 1.54) is 0 Å². The Bertz CT molecular complexity index is 285. The molecule has 0 bridgehead atoms. The summed E-state index contributed by atoms with van der Waals surface area (Å²) in [6, 6.07) is 5.35. The molecule has 0 aromatic heterocycles. The van der Waals surface area contributed by atoms with Gasteiger partial charge in [-0.05, 0) is 17.7 Å². The molecule has 1 aliphatic heterocycles. The third-order valence-corrected chi connectivity index (χ3v) is 2.00. The summed E-state index contributed by atoms with van der Waals surface area (Å²) in [6.07, 6.45) is -0.762. The number of halogens is 1. The number of aliphatic hydroxyl groups is 1. The van der Waals surface area contributed by atoms with Gasteiger partial charge in [-0.1, -0.05) is 17.7 Å². The normalized spacial score (nSPS) is 21.8. The minimum atomic E-state index is -0.762. The van der Waals surface area contributed by atoms with Crippen molar-refractivity contribution in [3.63, 3.8) is 0 Å². The summed E-state index contributed by atoms with van der Waals surface area (Å²) >= 11 is 5.73. The standard InChI is InChI=1S/C8H7ClO2/c9-6-1-2-7-5(3-6)4-11-8(7)10/h1-3,8,10H,4H2/t8-/m0/s1. The van der Waals surface area contributed by atoms with Crippen LogP contribution < -0.4 is 0 Å². The fourth-order valence-corrected chi connectivity index (χ4v) is 1.39. The topological polar surface area (TPSA) is 29.5 Å². The Morgan fingerprint density at radius 3 is 3.18 bits per heavy atom. The molecule has 2 rings (SSSR count). The maximum absolute atomic E-state index is 9.21. The van der Waals surface area contributed by atoms with Crippen molar-refractivity contribution in [2.75, 3.05) is 0 Å². The Morgan fingerprint density at radius 2 is 2.36 bits per heavy atom. The van der Waals surface area contributed by atoms with Gasteiger partial charge in [-0.15, -0.1) is 0 Å². The van der Waals surface area contributed by atoms with E-state index in [-0.39, 0.29) is 0 Å². The highest BCUT2D eigenvalue weighted by molar-refractivity contribution is 6.30. The van der Waals surface area contributed by atoms with Gasteiger partial charge in [-0.25, -0.2) is 0 Å². The van der Waals surface area contributed by atoms with Crippen LogP contribution in [0.1, 0.15) is 17.4 Å². The van der Waals surface area contributed by atoms with Crippen LogP contribution in [0, 0.1) is 0 Å². The molecule has 0 spiro atoms. The van der Waals surface area contributed by atoms with Gasteiger partial charge >= 0.3 is 0 Å². The Morgan fingerprint density at radius 1 is 1.55 bits per heavy atom. The van der Waals surface area contributed by atoms with Gasteiger partial charge in [0.05, 0.1) is 6.61 Å². The Balaban J connectivity index is 2.50. The molecule has 0 aliphatic carbocycles. The number of rotatable bonds is 0. The van der Waals surface area contributed by atoms with Crippen molar-refractivity contribution in [3.8, 4) is 0 Å². The molecule has 2 nitrogen and oxygen atoms in total. The van der Waals surface area contributed by atoms with Gasteiger partial charge in [0.25, 0.3) is 0 Å². The first-order valence-electron chi connectivity index (χ1n) is 3.35. The molecule has 58 valence electrons. The number of hydrogen-bond acceptors (Lipinski definition) is 2. The van der Waals surface area contributed by atoms with E-state index in [0.717, 1.165) is 11.1 Å². The number of fused-ring (bicyclic) bond motifs is 1. The number of hydrogen-bond donors (Lipinski definition) is 1. The Labute approximate surface area is 69.4 Å². The smallest absolute Gasteiger partial charge is 0.181 e. The zero-order valence-electron chi connectivity index (χ0n) is 5.75. The maximum atomic E-state index is 9.21. The first-order chi connectivity index (χ1) is 5.27. The quantitative estimate of drug-likeness (QED) is 0.644. The van der Waals surface area contributed by atoms with E-state index >= 15 is 0 Å². The van der Waals surface area contributed by atoms with Gasteiger partial charge in [-0.2, -0.15) is 0 Å². The molecule has 1 aromatic carbocycles. The predicted octanol–water partition coefficient (Wildman–Crippen LogP) is 1.86. The second-order valence-electron chi connectivity index (χ2n) is 2.51. The number of benzene rings is 1. The van der Waals surface area contributed by atoms with Gasteiger partial charge < -0.3 is 9.84 Å². The molecular weight excluding hydrogens is 164 g/mol. The van der Waals surface area contributed by atoms with Gasteiger partial charge in [0, 0.05) is 10.6 Å². The third kappa shape index (κ3) is 1.13. The fourth-order valence-electron chi connectivity index (χ4n) is 1.20. The van der Waals surface area contributed by atoms with Crippen LogP contribution in [-0.2, 0) is 11.3 Å². The molecule has 1 N–H and O–H groups in total. The predicted molar refractivity (Wildman–Crippen MR) is 41.2 cm³/mol. The van der Waals surface area contributed by atoms with Crippen molar-refractivity contribution in [2.45, 2.75) is 12.9 Å². The fraction of sp³-hybridized carbons (Fsp3) is 0.250. The van der Waals surface area contributed by atoms with Crippen LogP contribution in [0.3, 0.4) is 0 Å². The van der Waals surface area contributed by atoms with Gasteiger partial charge in [0.1, 0.15) is 0 Å². The second-order valence-corrected chi connectivity index (χ2v) is 2.94. The lowest BCUT2D eigenvalue weighted by Gasteiger charge is -2.00. The number of aliphatic hydroxyl groups excluding tert-OH is 1. The van der Waals surface area contributed by atoms with Crippen LogP contribution in [-0.4, -0.2) is 5.11 Å². The van der Waals surface area contributed by atoms with Gasteiger partial charge in [0.2, 0.25) is 0 Å². The van der Waals surface area contributed by atoms with Gasteiger partial charge in [-0.3, -0.25) is 0 Å². The summed E-state index contributed by atoms with van der Waals surface area (Å²) in [7, 11) is 0. The molecule has 1 aliphatic rings. The van der Waals surface area contributed by atoms with E-state index in [9.17, 15) is 5.11 Å². The van der Waals surface area contributed by atoms with E-state index in [2.05, 4.69) is 0 Å². The summed E-state index contributed by atoms with van der Waals surface area (Å²) < 4.78 is 4.98. The van der Waals surface area contributed by atoms with Crippen LogP contribution >= 0.6 is 11.6 Å². The molecule has 0 amide bonds. The lowest BCUT2D eigenvalue weighted by atomic mass is 10.1. The average Bonchev–Trinajstić information content (AvgIpc) is 2.32. The summed E-state index contributed by atoms with van der Waals surface area (Å²) in [4.78, 5) is 0. The van der Waals surface area contributed by atoms with Gasteiger partial charge in [0.15, 0.2) is 6.29 Å². The maximum Gasteiger partial charge on any atom is 0.181 e. The van der Waals surface area contributed by atoms with Crippen LogP contribution in [0.15, 0.2) is 18.2 Å². The molecular formula is C8H7ClO2. The summed E-state index contributed by atoms with van der Waals surface area (Å²) in [6.45, 7) is 0.455. The van der Waals surface area contributed by atoms with E-state index in [1.807, 2.05) is 6.07 Å². The van der Waals surface area contributed by atoms with Crippen molar-refractivity contribution in [1.82, 2.24) is 0 Å². The molecule has 0 saturated carbocycles. The highest BCUT2D eigenvalue weighted by atomic mass is 35.5. The molecule has 0 unspecified atom stereocenters. The van der Waals surface area contributed by atoms with E-state index in [4.69, 9.17) is 16.3 Å². The number of ether oxygens (including phenoxy) is 1. The monoisotopic (exact) mass is 170 g/mol. The Kier molecular flexibility index (Phi) is 1.60. The van der Waals surface area contributed by atoms with Crippen molar-refractivity contribution in [1.29, 1.82) is 0 Å². The highest BCUT2D eigenvalue weighted by Crippen LogP contribution is 2.29. The van der Waals surface area contributed by atoms with Crippen LogP contribution in [0.4, 0.5) is 0 Å². The van der Waals surface area contributed by atoms with Crippen molar-refractivity contribution < 1.29 is 9.84 Å². The minimum absolute atomic E-state index is 0.455. The molecule has 1 aromatic rings. The van der Waals surface area contributed by atoms with E-state index in [0.29, 0.717) is 11.6 Å². The lowest BCUT2D eigenvalue weighted by Crippen LogP contribution is -1.91. The summed E-state index contributed by atoms with van der Waals surface area (Å²) in [5.41, 5.74) is 1.81. The SMILES string of the molecule is O[C@H]1OCc2cc(Cl)ccc21. The minimum Gasteiger partial charge on any atom is -0.364 e. The first kappa shape index (κ1) is 7.10. The molecule has 0 saturated heterocycles. The summed E-state index contributed by atoms with van der Waals surface area (Å²) in [5.74, 6) is 0. The third-order valence-electron chi connectivity index (χ3n) is 1.77. The molecule has 1 heterocycles. The van der Waals surface area contributed by atoms with Crippen LogP contribution in [0.2, 0.25) is 5.02 Å². The zero-order chi connectivity index (χ0) is 7.84. The first-order valence-corrected chi connectivity index (χ1v) is 3.73. The van der Waals surface area contributed by atoms with E-state index < -0.39 is 6.29 Å². The van der Waals surface area contributed by atoms with Crippen molar-refractivity contribution in [3.05, 3.63) is 34.3 Å². The molecule has 0 fully saturated rings. The largest absolute Gasteiger partial charge is 0.364 e. The second kappa shape index (κ2) is 2.48. The molecule has 11 heavy (non-hydrogen) atoms. The van der Waals surface area contributed by atoms with Crippen molar-refractivity contribution >= 4 is 11.6 Å². The molecule has 3 heteroatoms. The highest BCUT2D eigenvalue weighted by Gasteiger charge is 2.20. The van der Waals surface area contributed by atoms with Crippen LogP contribution in [0.25, 0.3) is 0 Å². The molecule has 0 radical (unpaired) electrons.